The van der Waals surface area contributed by atoms with E-state index in [2.05, 4.69) is 6.92 Å². The van der Waals surface area contributed by atoms with Crippen molar-refractivity contribution in [2.75, 3.05) is 0 Å². The van der Waals surface area contributed by atoms with Gasteiger partial charge in [-0.3, -0.25) is 4.79 Å². The van der Waals surface area contributed by atoms with Gasteiger partial charge in [-0.25, -0.2) is 4.79 Å². The van der Waals surface area contributed by atoms with Crippen LogP contribution in [0.15, 0.2) is 30.3 Å². The van der Waals surface area contributed by atoms with Gasteiger partial charge in [-0.05, 0) is 18.6 Å². The Hall–Kier alpha value is -1.64. The Labute approximate surface area is 95.4 Å². The summed E-state index contributed by atoms with van der Waals surface area (Å²) < 4.78 is 4.71. The molecule has 1 aromatic carbocycles. The zero-order valence-electron chi connectivity index (χ0n) is 9.44. The number of esters is 2. The molecule has 0 aliphatic rings. The number of carbonyl (C=O) groups is 2. The zero-order valence-corrected chi connectivity index (χ0v) is 9.44. The van der Waals surface area contributed by atoms with E-state index in [0.29, 0.717) is 12.0 Å². The molecule has 3 heteroatoms. The van der Waals surface area contributed by atoms with Gasteiger partial charge in [-0.2, -0.15) is 0 Å². The van der Waals surface area contributed by atoms with Crippen LogP contribution in [0.25, 0.3) is 0 Å². The predicted octanol–water partition coefficient (Wildman–Crippen LogP) is 2.95. The fraction of sp³-hybridized carbons (Fsp3) is 0.385. The smallest absolute Gasteiger partial charge is 0.345 e. The van der Waals surface area contributed by atoms with Crippen molar-refractivity contribution in [3.8, 4) is 0 Å². The van der Waals surface area contributed by atoms with Gasteiger partial charge in [0.15, 0.2) is 0 Å². The topological polar surface area (TPSA) is 43.4 Å². The molecule has 1 rings (SSSR count). The molecule has 0 spiro atoms. The fourth-order valence-corrected chi connectivity index (χ4v) is 1.31. The van der Waals surface area contributed by atoms with Gasteiger partial charge in [-0.1, -0.05) is 38.0 Å². The Balaban J connectivity index is 2.37. The molecule has 0 aliphatic heterocycles. The molecule has 16 heavy (non-hydrogen) atoms. The summed E-state index contributed by atoms with van der Waals surface area (Å²) in [5, 5.41) is 0. The van der Waals surface area contributed by atoms with Crippen LogP contribution in [0.4, 0.5) is 0 Å². The van der Waals surface area contributed by atoms with Crippen LogP contribution in [-0.4, -0.2) is 11.9 Å². The third kappa shape index (κ3) is 4.26. The number of ether oxygens (including phenoxy) is 1. The van der Waals surface area contributed by atoms with Gasteiger partial charge in [0.25, 0.3) is 0 Å². The lowest BCUT2D eigenvalue weighted by Crippen LogP contribution is -2.12. The van der Waals surface area contributed by atoms with Crippen LogP contribution < -0.4 is 0 Å². The summed E-state index contributed by atoms with van der Waals surface area (Å²) in [6.07, 6.45) is 3.11. The van der Waals surface area contributed by atoms with Crippen molar-refractivity contribution in [3.63, 3.8) is 0 Å². The number of rotatable bonds is 5. The van der Waals surface area contributed by atoms with Gasteiger partial charge >= 0.3 is 11.9 Å². The molecule has 3 nitrogen and oxygen atoms in total. The molecule has 0 bridgehead atoms. The molecule has 0 saturated carbocycles. The minimum absolute atomic E-state index is 0.312. The van der Waals surface area contributed by atoms with Crippen molar-refractivity contribution in [1.82, 2.24) is 0 Å². The second-order valence-corrected chi connectivity index (χ2v) is 3.58. The maximum absolute atomic E-state index is 11.4. The second kappa shape index (κ2) is 6.77. The lowest BCUT2D eigenvalue weighted by Gasteiger charge is -2.02. The van der Waals surface area contributed by atoms with Crippen LogP contribution in [0.2, 0.25) is 0 Å². The highest BCUT2D eigenvalue weighted by molar-refractivity contribution is 5.96. The van der Waals surface area contributed by atoms with E-state index >= 15 is 0 Å². The second-order valence-electron chi connectivity index (χ2n) is 3.58. The first-order chi connectivity index (χ1) is 7.74. The summed E-state index contributed by atoms with van der Waals surface area (Å²) in [5.74, 6) is -1.01. The van der Waals surface area contributed by atoms with E-state index in [1.54, 1.807) is 30.3 Å². The first kappa shape index (κ1) is 12.4. The normalized spacial score (nSPS) is 9.81. The minimum Gasteiger partial charge on any atom is -0.389 e. The molecule has 0 fully saturated rings. The first-order valence-corrected chi connectivity index (χ1v) is 5.54. The predicted molar refractivity (Wildman–Crippen MR) is 61.0 cm³/mol. The van der Waals surface area contributed by atoms with E-state index in [-0.39, 0.29) is 0 Å². The summed E-state index contributed by atoms with van der Waals surface area (Å²) in [5.41, 5.74) is 0.409. The summed E-state index contributed by atoms with van der Waals surface area (Å²) in [4.78, 5) is 22.7. The first-order valence-electron chi connectivity index (χ1n) is 5.54. The molecule has 0 saturated heterocycles. The molecule has 0 aromatic heterocycles. The average molecular weight is 220 g/mol. The lowest BCUT2D eigenvalue weighted by molar-refractivity contribution is -0.138. The van der Waals surface area contributed by atoms with E-state index in [0.717, 1.165) is 19.3 Å². The Morgan fingerprint density at radius 1 is 1.12 bits per heavy atom. The van der Waals surface area contributed by atoms with Crippen molar-refractivity contribution in [2.24, 2.45) is 0 Å². The average Bonchev–Trinajstić information content (AvgIpc) is 2.30. The van der Waals surface area contributed by atoms with Gasteiger partial charge < -0.3 is 4.74 Å². The Bertz CT molecular complexity index is 343. The molecule has 0 unspecified atom stereocenters. The van der Waals surface area contributed by atoms with Crippen LogP contribution in [0.3, 0.4) is 0 Å². The maximum Gasteiger partial charge on any atom is 0.345 e. The number of carbonyl (C=O) groups excluding carboxylic acids is 2. The van der Waals surface area contributed by atoms with E-state index in [4.69, 9.17) is 4.74 Å². The molecule has 86 valence electrons. The molecular weight excluding hydrogens is 204 g/mol. The molecule has 0 N–H and O–H groups in total. The Morgan fingerprint density at radius 2 is 1.81 bits per heavy atom. The van der Waals surface area contributed by atoms with Crippen LogP contribution in [0.5, 0.6) is 0 Å². The van der Waals surface area contributed by atoms with Gasteiger partial charge in [0.2, 0.25) is 0 Å². The number of unbranched alkanes of at least 4 members (excludes halogenated alkanes) is 2. The zero-order chi connectivity index (χ0) is 11.8. The highest BCUT2D eigenvalue weighted by Crippen LogP contribution is 2.05. The van der Waals surface area contributed by atoms with Crippen LogP contribution in [0.1, 0.15) is 43.0 Å². The standard InChI is InChI=1S/C13H16O3/c1-2-3-5-10-12(14)16-13(15)11-8-6-4-7-9-11/h4,6-9H,2-3,5,10H2,1H3. The fourth-order valence-electron chi connectivity index (χ4n) is 1.31. The minimum atomic E-state index is -0.568. The third-order valence-electron chi connectivity index (χ3n) is 2.20. The monoisotopic (exact) mass is 220 g/mol. The van der Waals surface area contributed by atoms with Crippen molar-refractivity contribution >= 4 is 11.9 Å². The van der Waals surface area contributed by atoms with Crippen molar-refractivity contribution in [1.29, 1.82) is 0 Å². The lowest BCUT2D eigenvalue weighted by atomic mass is 10.2. The number of hydrogen-bond acceptors (Lipinski definition) is 3. The maximum atomic E-state index is 11.4. The van der Waals surface area contributed by atoms with Gasteiger partial charge in [-0.15, -0.1) is 0 Å². The molecule has 0 amide bonds. The SMILES string of the molecule is CCCCCC(=O)OC(=O)c1ccccc1. The Morgan fingerprint density at radius 3 is 2.44 bits per heavy atom. The van der Waals surface area contributed by atoms with Crippen molar-refractivity contribution in [3.05, 3.63) is 35.9 Å². The largest absolute Gasteiger partial charge is 0.389 e. The number of hydrogen-bond donors (Lipinski definition) is 0. The summed E-state index contributed by atoms with van der Waals surface area (Å²) in [7, 11) is 0. The van der Waals surface area contributed by atoms with E-state index in [1.165, 1.54) is 0 Å². The highest BCUT2D eigenvalue weighted by Gasteiger charge is 2.11. The summed E-state index contributed by atoms with van der Waals surface area (Å²) in [6.45, 7) is 2.06. The quantitative estimate of drug-likeness (QED) is 0.435. The molecule has 0 aliphatic carbocycles. The molecular formula is C13H16O3. The third-order valence-corrected chi connectivity index (χ3v) is 2.20. The number of benzene rings is 1. The van der Waals surface area contributed by atoms with E-state index < -0.39 is 11.9 Å². The van der Waals surface area contributed by atoms with Gasteiger partial charge in [0.05, 0.1) is 5.56 Å². The highest BCUT2D eigenvalue weighted by atomic mass is 16.6. The van der Waals surface area contributed by atoms with Crippen molar-refractivity contribution in [2.45, 2.75) is 32.6 Å². The summed E-state index contributed by atoms with van der Waals surface area (Å²) >= 11 is 0. The molecule has 0 atom stereocenters. The van der Waals surface area contributed by atoms with Crippen LogP contribution in [-0.2, 0) is 9.53 Å². The molecule has 0 radical (unpaired) electrons. The van der Waals surface area contributed by atoms with Crippen LogP contribution in [0, 0.1) is 0 Å². The van der Waals surface area contributed by atoms with Crippen LogP contribution >= 0.6 is 0 Å². The van der Waals surface area contributed by atoms with Crippen molar-refractivity contribution < 1.29 is 14.3 Å². The van der Waals surface area contributed by atoms with Gasteiger partial charge in [0.1, 0.15) is 0 Å². The van der Waals surface area contributed by atoms with Gasteiger partial charge in [0, 0.05) is 6.42 Å². The van der Waals surface area contributed by atoms with E-state index in [9.17, 15) is 9.59 Å². The molecule has 0 heterocycles. The summed E-state index contributed by atoms with van der Waals surface area (Å²) in [6, 6.07) is 8.53. The van der Waals surface area contributed by atoms with E-state index in [1.807, 2.05) is 0 Å². The Kier molecular flexibility index (Phi) is 5.26. The molecule has 1 aromatic rings.